The quantitative estimate of drug-likeness (QED) is 0.0945. The highest BCUT2D eigenvalue weighted by atomic mass is 28.3. The van der Waals surface area contributed by atoms with E-state index in [1.165, 1.54) is 121 Å². The van der Waals surface area contributed by atoms with E-state index in [-0.39, 0.29) is 6.15 Å². The molecule has 214 valence electrons. The maximum absolute atomic E-state index is 2.58. The molecule has 0 atom stereocenters. The van der Waals surface area contributed by atoms with Crippen LogP contribution in [0.1, 0.15) is 138 Å². The monoisotopic (exact) mass is 512 g/mol. The van der Waals surface area contributed by atoms with E-state index < -0.39 is 8.07 Å². The van der Waals surface area contributed by atoms with Crippen molar-refractivity contribution >= 4 is 14.2 Å². The van der Waals surface area contributed by atoms with Gasteiger partial charge >= 0.3 is 0 Å². The molecule has 1 nitrogen and oxygen atoms in total. The summed E-state index contributed by atoms with van der Waals surface area (Å²) in [5, 5.41) is 0. The first kappa shape index (κ1) is 37.4. The summed E-state index contributed by atoms with van der Waals surface area (Å²) in [6.45, 7) is 29.8. The third kappa shape index (κ3) is 20.9. The Morgan fingerprint density at radius 3 is 0.886 bits per heavy atom. The summed E-state index contributed by atoms with van der Waals surface area (Å²) < 4.78 is 1.42. The average molecular weight is 512 g/mol. The number of unbranched alkanes of at least 4 members (excludes halogenated alkanes) is 7. The van der Waals surface area contributed by atoms with Crippen molar-refractivity contribution in [3.63, 3.8) is 0 Å². The second-order valence-electron chi connectivity index (χ2n) is 13.6. The fourth-order valence-corrected chi connectivity index (χ4v) is 9.81. The van der Waals surface area contributed by atoms with E-state index in [1.54, 1.807) is 24.9 Å². The molecule has 0 radical (unpaired) electrons. The zero-order valence-corrected chi connectivity index (χ0v) is 28.1. The highest BCUT2D eigenvalue weighted by Crippen LogP contribution is 2.35. The van der Waals surface area contributed by atoms with Gasteiger partial charge in [0.25, 0.3) is 0 Å². The van der Waals surface area contributed by atoms with Crippen molar-refractivity contribution in [2.24, 2.45) is 0 Å². The third-order valence-electron chi connectivity index (χ3n) is 8.50. The van der Waals surface area contributed by atoms with E-state index in [0.717, 1.165) is 0 Å². The second-order valence-corrected chi connectivity index (χ2v) is 19.1. The number of nitrogens with zero attached hydrogens (tertiary/aromatic N) is 1. The molecule has 3 heteroatoms. The van der Waals surface area contributed by atoms with Gasteiger partial charge in [-0.05, 0) is 31.8 Å². The summed E-state index contributed by atoms with van der Waals surface area (Å²) in [7, 11) is -0.915. The van der Waals surface area contributed by atoms with Gasteiger partial charge in [-0.15, -0.1) is 0 Å². The van der Waals surface area contributed by atoms with Crippen molar-refractivity contribution in [3.8, 4) is 0 Å². The largest absolute Gasteiger partial charge is 0.324 e. The Kier molecular flexibility index (Phi) is 25.0. The number of quaternary nitrogens is 1. The minimum Gasteiger partial charge on any atom is -0.324 e. The van der Waals surface area contributed by atoms with Crippen molar-refractivity contribution in [2.75, 3.05) is 26.2 Å². The lowest BCUT2D eigenvalue weighted by atomic mass is 9.20. The molecular weight excluding hydrogens is 437 g/mol. The van der Waals surface area contributed by atoms with E-state index >= 15 is 0 Å². The van der Waals surface area contributed by atoms with Crippen LogP contribution in [-0.2, 0) is 0 Å². The van der Waals surface area contributed by atoms with Gasteiger partial charge in [0.2, 0.25) is 0 Å². The maximum atomic E-state index is 2.58. The first-order valence-electron chi connectivity index (χ1n) is 16.7. The lowest BCUT2D eigenvalue weighted by Crippen LogP contribution is -2.50. The Hall–Kier alpha value is 0.242. The van der Waals surface area contributed by atoms with Crippen molar-refractivity contribution in [1.29, 1.82) is 0 Å². The third-order valence-corrected chi connectivity index (χ3v) is 10.6. The van der Waals surface area contributed by atoms with Crippen molar-refractivity contribution in [1.82, 2.24) is 0 Å². The van der Waals surface area contributed by atoms with Gasteiger partial charge in [-0.1, -0.05) is 132 Å². The molecule has 0 fully saturated rings. The van der Waals surface area contributed by atoms with Crippen molar-refractivity contribution in [3.05, 3.63) is 0 Å². The molecule has 0 spiro atoms. The molecule has 0 saturated heterocycles. The molecule has 0 aliphatic rings. The zero-order valence-electron chi connectivity index (χ0n) is 27.1. The number of rotatable bonds is 23. The lowest BCUT2D eigenvalue weighted by molar-refractivity contribution is -0.929. The van der Waals surface area contributed by atoms with Crippen LogP contribution in [0, 0.1) is 0 Å². The second kappa shape index (κ2) is 23.4. The summed E-state index contributed by atoms with van der Waals surface area (Å²) in [5.41, 5.74) is 0. The van der Waals surface area contributed by atoms with Gasteiger partial charge in [0.1, 0.15) is 0 Å². The van der Waals surface area contributed by atoms with Crippen LogP contribution in [0.2, 0.25) is 44.5 Å². The summed E-state index contributed by atoms with van der Waals surface area (Å²) >= 11 is 0. The smallest absolute Gasteiger partial charge is 0.0786 e. The normalized spacial score (nSPS) is 12.5. The highest BCUT2D eigenvalue weighted by Gasteiger charge is 2.28. The first-order chi connectivity index (χ1) is 16.6. The van der Waals surface area contributed by atoms with Crippen LogP contribution in [0.5, 0.6) is 0 Å². The fourth-order valence-electron chi connectivity index (χ4n) is 6.59. The molecule has 0 unspecified atom stereocenters. The van der Waals surface area contributed by atoms with E-state index in [2.05, 4.69) is 68.1 Å². The van der Waals surface area contributed by atoms with Gasteiger partial charge in [-0.25, -0.2) is 0 Å². The predicted molar refractivity (Wildman–Crippen MR) is 172 cm³/mol. The Labute approximate surface area is 227 Å². The van der Waals surface area contributed by atoms with Crippen LogP contribution in [0.4, 0.5) is 0 Å². The first-order valence-corrected chi connectivity index (χ1v) is 20.4. The van der Waals surface area contributed by atoms with Crippen LogP contribution >= 0.6 is 0 Å². The van der Waals surface area contributed by atoms with E-state index in [4.69, 9.17) is 0 Å². The van der Waals surface area contributed by atoms with Crippen LogP contribution < -0.4 is 0 Å². The van der Waals surface area contributed by atoms with E-state index in [9.17, 15) is 0 Å². The van der Waals surface area contributed by atoms with Gasteiger partial charge in [0.15, 0.2) is 0 Å². The van der Waals surface area contributed by atoms with Crippen LogP contribution in [0.25, 0.3) is 0 Å². The van der Waals surface area contributed by atoms with Gasteiger partial charge in [-0.2, -0.15) is 24.9 Å². The minimum atomic E-state index is -0.915. The standard InChI is InChI=1S/C16H38BSi.C16H36N/c1-7-10-13-17(14-11-8-2,15-12-9-3)16-18(4,5)6;1-5-9-13-17(14-10-6-2,15-11-7-3)16-12-8-4/h7-16H2,1-6H3;5-16H2,1-4H3/q-1;+1. The summed E-state index contributed by atoms with van der Waals surface area (Å²) in [6, 6.07) is 0. The molecule has 0 aromatic rings. The molecule has 0 aliphatic heterocycles. The van der Waals surface area contributed by atoms with Gasteiger partial charge in [0.05, 0.1) is 26.2 Å². The van der Waals surface area contributed by atoms with Gasteiger partial charge < -0.3 is 4.48 Å². The molecule has 0 N–H and O–H groups in total. The Morgan fingerprint density at radius 1 is 0.429 bits per heavy atom. The molecule has 0 amide bonds. The fraction of sp³-hybridized carbons (Fsp3) is 1.00. The molecule has 0 saturated carbocycles. The molecule has 0 bridgehead atoms. The Bertz CT molecular complexity index is 372. The van der Waals surface area contributed by atoms with E-state index in [1.807, 2.05) is 0 Å². The SMILES string of the molecule is CCCC[B-](CCCC)(CCCC)C[Si](C)(C)C.CCCC[N+](CCCC)(CCCC)CCCC. The van der Waals surface area contributed by atoms with Crippen molar-refractivity contribution < 1.29 is 4.48 Å². The van der Waals surface area contributed by atoms with Gasteiger partial charge in [-0.3, -0.25) is 0 Å². The lowest BCUT2D eigenvalue weighted by Gasteiger charge is -2.44. The van der Waals surface area contributed by atoms with Crippen molar-refractivity contribution in [2.45, 2.75) is 183 Å². The van der Waals surface area contributed by atoms with Gasteiger partial charge in [0, 0.05) is 8.07 Å². The molecule has 35 heavy (non-hydrogen) atoms. The van der Waals surface area contributed by atoms with Crippen LogP contribution in [-0.4, -0.2) is 44.9 Å². The zero-order chi connectivity index (χ0) is 27.1. The van der Waals surface area contributed by atoms with E-state index in [0.29, 0.717) is 0 Å². The highest BCUT2D eigenvalue weighted by molar-refractivity contribution is 6.95. The molecule has 0 heterocycles. The van der Waals surface area contributed by atoms with Crippen LogP contribution in [0.3, 0.4) is 0 Å². The molecule has 0 aromatic heterocycles. The number of hydrogen-bond acceptors (Lipinski definition) is 0. The summed E-state index contributed by atoms with van der Waals surface area (Å²) in [5.74, 6) is 1.62. The summed E-state index contributed by atoms with van der Waals surface area (Å²) in [4.78, 5) is 0. The number of hydrogen-bond donors (Lipinski definition) is 0. The van der Waals surface area contributed by atoms with Crippen LogP contribution in [0.15, 0.2) is 0 Å². The topological polar surface area (TPSA) is 0 Å². The molecule has 0 aromatic carbocycles. The maximum Gasteiger partial charge on any atom is 0.0786 e. The average Bonchev–Trinajstić information content (AvgIpc) is 2.83. The Balaban J connectivity index is 0. The summed E-state index contributed by atoms with van der Waals surface area (Å²) in [6.07, 6.45) is 24.3. The molecule has 0 rings (SSSR count). The predicted octanol–water partition coefficient (Wildman–Crippen LogP) is 11.7. The molecular formula is C32H74BNSi. The minimum absolute atomic E-state index is 0.0340. The molecule has 0 aliphatic carbocycles. The Morgan fingerprint density at radius 2 is 0.686 bits per heavy atom.